The average Bonchev–Trinajstić information content (AvgIpc) is 2.76. The fourth-order valence-electron chi connectivity index (χ4n) is 2.77. The molecule has 2 aromatic rings. The van der Waals surface area contributed by atoms with Gasteiger partial charge in [0.15, 0.2) is 5.69 Å². The molecule has 0 spiro atoms. The first kappa shape index (κ1) is 12.2. The van der Waals surface area contributed by atoms with Gasteiger partial charge >= 0.3 is 5.97 Å². The van der Waals surface area contributed by atoms with E-state index in [0.717, 1.165) is 37.3 Å². The van der Waals surface area contributed by atoms with Gasteiger partial charge < -0.3 is 14.2 Å². The molecule has 1 aliphatic heterocycles. The molecular weight excluding hydrogens is 244 g/mol. The minimum absolute atomic E-state index is 0.0866. The van der Waals surface area contributed by atoms with Crippen LogP contribution in [-0.2, 0) is 4.74 Å². The van der Waals surface area contributed by atoms with Gasteiger partial charge in [-0.15, -0.1) is 0 Å². The fourth-order valence-corrected chi connectivity index (χ4v) is 2.77. The zero-order valence-electron chi connectivity index (χ0n) is 10.8. The molecular formula is C14H16N2O3. The Labute approximate surface area is 110 Å². The maximum absolute atomic E-state index is 10.9. The SMILES string of the molecule is Cc1c(C2CCOCC2)cc2cc(C(=O)O)ncn12. The van der Waals surface area contributed by atoms with Crippen molar-refractivity contribution in [3.05, 3.63) is 35.4 Å². The second-order valence-electron chi connectivity index (χ2n) is 4.95. The van der Waals surface area contributed by atoms with Gasteiger partial charge in [0.1, 0.15) is 6.33 Å². The van der Waals surface area contributed by atoms with E-state index in [-0.39, 0.29) is 5.69 Å². The summed E-state index contributed by atoms with van der Waals surface area (Å²) in [6, 6.07) is 3.71. The second-order valence-corrected chi connectivity index (χ2v) is 4.95. The second kappa shape index (κ2) is 4.66. The first-order chi connectivity index (χ1) is 9.16. The van der Waals surface area contributed by atoms with Crippen molar-refractivity contribution >= 4 is 11.5 Å². The molecule has 0 saturated carbocycles. The smallest absolute Gasteiger partial charge is 0.354 e. The maximum Gasteiger partial charge on any atom is 0.354 e. The van der Waals surface area contributed by atoms with Gasteiger partial charge in [0.2, 0.25) is 0 Å². The number of nitrogens with zero attached hydrogens (tertiary/aromatic N) is 2. The number of ether oxygens (including phenoxy) is 1. The van der Waals surface area contributed by atoms with E-state index in [1.54, 1.807) is 12.4 Å². The molecule has 3 heterocycles. The lowest BCUT2D eigenvalue weighted by Crippen LogP contribution is -2.14. The predicted molar refractivity (Wildman–Crippen MR) is 69.7 cm³/mol. The normalized spacial score (nSPS) is 16.9. The van der Waals surface area contributed by atoms with Crippen molar-refractivity contribution in [3.8, 4) is 0 Å². The summed E-state index contributed by atoms with van der Waals surface area (Å²) in [6.07, 6.45) is 3.64. The molecule has 1 saturated heterocycles. The zero-order chi connectivity index (χ0) is 13.4. The van der Waals surface area contributed by atoms with E-state index in [2.05, 4.69) is 18.0 Å². The molecule has 1 fully saturated rings. The molecule has 1 N–H and O–H groups in total. The van der Waals surface area contributed by atoms with Crippen molar-refractivity contribution in [1.29, 1.82) is 0 Å². The summed E-state index contributed by atoms with van der Waals surface area (Å²) in [4.78, 5) is 14.9. The number of hydrogen-bond acceptors (Lipinski definition) is 3. The lowest BCUT2D eigenvalue weighted by Gasteiger charge is -2.22. The fraction of sp³-hybridized carbons (Fsp3) is 0.429. The molecule has 100 valence electrons. The van der Waals surface area contributed by atoms with E-state index >= 15 is 0 Å². The van der Waals surface area contributed by atoms with Crippen molar-refractivity contribution in [1.82, 2.24) is 9.38 Å². The van der Waals surface area contributed by atoms with Crippen LogP contribution in [0, 0.1) is 6.92 Å². The van der Waals surface area contributed by atoms with Crippen LogP contribution < -0.4 is 0 Å². The number of carbonyl (C=O) groups is 1. The quantitative estimate of drug-likeness (QED) is 0.899. The van der Waals surface area contributed by atoms with Gasteiger partial charge in [-0.25, -0.2) is 9.78 Å². The molecule has 2 aromatic heterocycles. The standard InChI is InChI=1S/C14H16N2O3/c1-9-12(10-2-4-19-5-3-10)6-11-7-13(14(17)18)15-8-16(9)11/h6-8,10H,2-5H2,1H3,(H,17,18). The molecule has 3 rings (SSSR count). The Balaban J connectivity index is 2.06. The van der Waals surface area contributed by atoms with Crippen molar-refractivity contribution in [3.63, 3.8) is 0 Å². The van der Waals surface area contributed by atoms with E-state index in [4.69, 9.17) is 9.84 Å². The van der Waals surface area contributed by atoms with E-state index in [1.807, 2.05) is 4.40 Å². The molecule has 0 radical (unpaired) electrons. The van der Waals surface area contributed by atoms with E-state index < -0.39 is 5.97 Å². The van der Waals surface area contributed by atoms with Gasteiger partial charge in [0.05, 0.1) is 0 Å². The number of aromatic nitrogens is 2. The number of carboxylic acid groups (broad SMARTS) is 1. The van der Waals surface area contributed by atoms with Gasteiger partial charge in [-0.2, -0.15) is 0 Å². The first-order valence-corrected chi connectivity index (χ1v) is 6.45. The molecule has 0 aromatic carbocycles. The topological polar surface area (TPSA) is 63.8 Å². The van der Waals surface area contributed by atoms with Crippen LogP contribution in [0.5, 0.6) is 0 Å². The Kier molecular flexibility index (Phi) is 2.98. The molecule has 0 bridgehead atoms. The Hall–Kier alpha value is -1.88. The summed E-state index contributed by atoms with van der Waals surface area (Å²) >= 11 is 0. The highest BCUT2D eigenvalue weighted by Gasteiger charge is 2.20. The highest BCUT2D eigenvalue weighted by Crippen LogP contribution is 2.31. The third-order valence-electron chi connectivity index (χ3n) is 3.84. The number of aromatic carboxylic acids is 1. The summed E-state index contributed by atoms with van der Waals surface area (Å²) in [7, 11) is 0. The van der Waals surface area contributed by atoms with Gasteiger partial charge in [-0.3, -0.25) is 0 Å². The minimum atomic E-state index is -0.992. The van der Waals surface area contributed by atoms with Crippen LogP contribution in [0.15, 0.2) is 18.5 Å². The minimum Gasteiger partial charge on any atom is -0.477 e. The van der Waals surface area contributed by atoms with Crippen molar-refractivity contribution in [2.75, 3.05) is 13.2 Å². The van der Waals surface area contributed by atoms with E-state index in [9.17, 15) is 4.79 Å². The monoisotopic (exact) mass is 260 g/mol. The third-order valence-corrected chi connectivity index (χ3v) is 3.84. The van der Waals surface area contributed by atoms with Gasteiger partial charge in [-0.05, 0) is 43.4 Å². The Morgan fingerprint density at radius 3 is 2.84 bits per heavy atom. The predicted octanol–water partition coefficient (Wildman–Crippen LogP) is 2.23. The Bertz CT molecular complexity index is 627. The lowest BCUT2D eigenvalue weighted by molar-refractivity contribution is 0.0690. The molecule has 5 nitrogen and oxygen atoms in total. The summed E-state index contributed by atoms with van der Waals surface area (Å²) < 4.78 is 7.34. The molecule has 1 aliphatic rings. The zero-order valence-corrected chi connectivity index (χ0v) is 10.8. The molecule has 0 atom stereocenters. The van der Waals surface area contributed by atoms with Crippen LogP contribution in [0.4, 0.5) is 0 Å². The molecule has 0 amide bonds. The highest BCUT2D eigenvalue weighted by atomic mass is 16.5. The summed E-state index contributed by atoms with van der Waals surface area (Å²) in [6.45, 7) is 3.66. The van der Waals surface area contributed by atoms with Crippen LogP contribution in [0.2, 0.25) is 0 Å². The molecule has 0 unspecified atom stereocenters. The lowest BCUT2D eigenvalue weighted by atomic mass is 9.92. The van der Waals surface area contributed by atoms with Crippen LogP contribution in [-0.4, -0.2) is 33.7 Å². The first-order valence-electron chi connectivity index (χ1n) is 6.45. The van der Waals surface area contributed by atoms with Crippen molar-refractivity contribution < 1.29 is 14.6 Å². The van der Waals surface area contributed by atoms with E-state index in [1.165, 1.54) is 5.56 Å². The summed E-state index contributed by atoms with van der Waals surface area (Å²) in [5.74, 6) is -0.490. The van der Waals surface area contributed by atoms with Crippen LogP contribution in [0.1, 0.15) is 40.5 Å². The molecule has 0 aliphatic carbocycles. The van der Waals surface area contributed by atoms with Crippen molar-refractivity contribution in [2.45, 2.75) is 25.7 Å². The summed E-state index contributed by atoms with van der Waals surface area (Å²) in [5, 5.41) is 8.98. The van der Waals surface area contributed by atoms with Crippen LogP contribution in [0.25, 0.3) is 5.52 Å². The van der Waals surface area contributed by atoms with E-state index in [0.29, 0.717) is 5.92 Å². The average molecular weight is 260 g/mol. The maximum atomic E-state index is 10.9. The number of hydrogen-bond donors (Lipinski definition) is 1. The largest absolute Gasteiger partial charge is 0.477 e. The number of carboxylic acids is 1. The summed E-state index contributed by atoms with van der Waals surface area (Å²) in [5.41, 5.74) is 3.41. The van der Waals surface area contributed by atoms with Gasteiger partial charge in [0.25, 0.3) is 0 Å². The van der Waals surface area contributed by atoms with Gasteiger partial charge in [0, 0.05) is 24.4 Å². The highest BCUT2D eigenvalue weighted by molar-refractivity contribution is 5.86. The number of aryl methyl sites for hydroxylation is 1. The number of rotatable bonds is 2. The van der Waals surface area contributed by atoms with Gasteiger partial charge in [-0.1, -0.05) is 0 Å². The Morgan fingerprint density at radius 1 is 1.42 bits per heavy atom. The molecule has 5 heteroatoms. The number of fused-ring (bicyclic) bond motifs is 1. The van der Waals surface area contributed by atoms with Crippen LogP contribution in [0.3, 0.4) is 0 Å². The third kappa shape index (κ3) is 2.10. The Morgan fingerprint density at radius 2 is 2.16 bits per heavy atom. The molecule has 19 heavy (non-hydrogen) atoms. The van der Waals surface area contributed by atoms with Crippen LogP contribution >= 0.6 is 0 Å². The van der Waals surface area contributed by atoms with Crippen molar-refractivity contribution in [2.24, 2.45) is 0 Å².